The van der Waals surface area contributed by atoms with Gasteiger partial charge in [0, 0.05) is 24.5 Å². The molecule has 1 aliphatic heterocycles. The van der Waals surface area contributed by atoms with Gasteiger partial charge in [-0.05, 0) is 68.5 Å². The highest BCUT2D eigenvalue weighted by molar-refractivity contribution is 5.79. The molecule has 0 saturated carbocycles. The number of H-pyrrole nitrogens is 1. The summed E-state index contributed by atoms with van der Waals surface area (Å²) in [4.78, 5) is 19.2. The molecule has 1 aromatic carbocycles. The number of amides is 1. The average molecular weight is 421 g/mol. The SMILES string of the molecule is CCOc1cc(C)ccc1OCC(=O)N1CCC[C@@H]1c1[nH]ncc1-c1ccncc1C. The third-order valence-corrected chi connectivity index (χ3v) is 5.64. The normalized spacial score (nSPS) is 15.8. The van der Waals surface area contributed by atoms with Crippen molar-refractivity contribution in [1.29, 1.82) is 0 Å². The highest BCUT2D eigenvalue weighted by Crippen LogP contribution is 2.37. The van der Waals surface area contributed by atoms with Gasteiger partial charge in [0.05, 0.1) is 24.5 Å². The number of carbonyl (C=O) groups is 1. The second-order valence-corrected chi connectivity index (χ2v) is 7.80. The van der Waals surface area contributed by atoms with E-state index in [1.54, 1.807) is 6.20 Å². The molecule has 1 saturated heterocycles. The van der Waals surface area contributed by atoms with Crippen molar-refractivity contribution in [1.82, 2.24) is 20.1 Å². The number of likely N-dealkylation sites (tertiary alicyclic amines) is 1. The van der Waals surface area contributed by atoms with Crippen molar-refractivity contribution in [2.45, 2.75) is 39.7 Å². The number of nitrogens with one attached hydrogen (secondary N) is 1. The molecule has 1 atom stereocenters. The zero-order valence-electron chi connectivity index (χ0n) is 18.2. The molecule has 3 aromatic rings. The van der Waals surface area contributed by atoms with Gasteiger partial charge in [-0.3, -0.25) is 14.9 Å². The largest absolute Gasteiger partial charge is 0.490 e. The molecule has 2 aromatic heterocycles. The highest BCUT2D eigenvalue weighted by Gasteiger charge is 2.33. The van der Waals surface area contributed by atoms with Gasteiger partial charge in [-0.1, -0.05) is 6.07 Å². The monoisotopic (exact) mass is 420 g/mol. The highest BCUT2D eigenvalue weighted by atomic mass is 16.5. The maximum Gasteiger partial charge on any atom is 0.261 e. The topological polar surface area (TPSA) is 80.3 Å². The Hall–Kier alpha value is -3.35. The molecule has 7 heteroatoms. The molecule has 1 amide bonds. The van der Waals surface area contributed by atoms with Crippen molar-refractivity contribution in [3.05, 3.63) is 59.7 Å². The fourth-order valence-electron chi connectivity index (χ4n) is 4.13. The minimum atomic E-state index is -0.0504. The summed E-state index contributed by atoms with van der Waals surface area (Å²) >= 11 is 0. The predicted octanol–water partition coefficient (Wildman–Crippen LogP) is 4.23. The summed E-state index contributed by atoms with van der Waals surface area (Å²) in [5.74, 6) is 1.21. The minimum Gasteiger partial charge on any atom is -0.490 e. The van der Waals surface area contributed by atoms with E-state index < -0.39 is 0 Å². The molecule has 31 heavy (non-hydrogen) atoms. The number of benzene rings is 1. The van der Waals surface area contributed by atoms with E-state index in [4.69, 9.17) is 9.47 Å². The van der Waals surface area contributed by atoms with Gasteiger partial charge in [0.15, 0.2) is 18.1 Å². The van der Waals surface area contributed by atoms with Crippen LogP contribution in [0.1, 0.15) is 42.6 Å². The molecular weight excluding hydrogens is 392 g/mol. The second-order valence-electron chi connectivity index (χ2n) is 7.80. The lowest BCUT2D eigenvalue weighted by Gasteiger charge is -2.25. The molecule has 0 unspecified atom stereocenters. The standard InChI is InChI=1S/C24H28N4O3/c1-4-30-22-12-16(2)7-8-21(22)31-15-23(29)28-11-5-6-20(28)24-19(14-26-27-24)18-9-10-25-13-17(18)3/h7-10,12-14,20H,4-6,11,15H2,1-3H3,(H,26,27)/t20-/m1/s1. The summed E-state index contributed by atoms with van der Waals surface area (Å²) < 4.78 is 11.5. The van der Waals surface area contributed by atoms with Gasteiger partial charge in [-0.15, -0.1) is 0 Å². The Balaban J connectivity index is 1.51. The van der Waals surface area contributed by atoms with E-state index in [-0.39, 0.29) is 18.6 Å². The fourth-order valence-corrected chi connectivity index (χ4v) is 4.13. The molecule has 0 aliphatic carbocycles. The number of aromatic amines is 1. The van der Waals surface area contributed by atoms with Crippen molar-refractivity contribution >= 4 is 5.91 Å². The molecule has 0 spiro atoms. The van der Waals surface area contributed by atoms with Crippen LogP contribution in [0.2, 0.25) is 0 Å². The number of ether oxygens (including phenoxy) is 2. The van der Waals surface area contributed by atoms with E-state index in [1.165, 1.54) is 0 Å². The van der Waals surface area contributed by atoms with E-state index in [1.807, 2.05) is 62.3 Å². The Kier molecular flexibility index (Phi) is 6.21. The molecule has 1 N–H and O–H groups in total. The van der Waals surface area contributed by atoms with Crippen LogP contribution in [0.3, 0.4) is 0 Å². The van der Waals surface area contributed by atoms with Crippen LogP contribution >= 0.6 is 0 Å². The van der Waals surface area contributed by atoms with Crippen molar-refractivity contribution in [3.8, 4) is 22.6 Å². The van der Waals surface area contributed by atoms with E-state index >= 15 is 0 Å². The van der Waals surface area contributed by atoms with Crippen molar-refractivity contribution < 1.29 is 14.3 Å². The Morgan fingerprint density at radius 2 is 2.03 bits per heavy atom. The number of hydrogen-bond donors (Lipinski definition) is 1. The lowest BCUT2D eigenvalue weighted by Crippen LogP contribution is -2.34. The van der Waals surface area contributed by atoms with E-state index in [9.17, 15) is 4.79 Å². The smallest absolute Gasteiger partial charge is 0.261 e. The van der Waals surface area contributed by atoms with Crippen LogP contribution in [0.15, 0.2) is 42.9 Å². The number of hydrogen-bond acceptors (Lipinski definition) is 5. The molecule has 3 heterocycles. The number of rotatable bonds is 7. The fraction of sp³-hybridized carbons (Fsp3) is 0.375. The number of carbonyl (C=O) groups excluding carboxylic acids is 1. The quantitative estimate of drug-likeness (QED) is 0.619. The zero-order chi connectivity index (χ0) is 21.8. The summed E-state index contributed by atoms with van der Waals surface area (Å²) in [6.07, 6.45) is 7.28. The average Bonchev–Trinajstić information content (AvgIpc) is 3.43. The van der Waals surface area contributed by atoms with E-state index in [2.05, 4.69) is 15.2 Å². The third kappa shape index (κ3) is 4.40. The first-order valence-electron chi connectivity index (χ1n) is 10.7. The number of nitrogens with zero attached hydrogens (tertiary/aromatic N) is 3. The predicted molar refractivity (Wildman–Crippen MR) is 118 cm³/mol. The van der Waals surface area contributed by atoms with Crippen LogP contribution in [-0.2, 0) is 4.79 Å². The number of aryl methyl sites for hydroxylation is 2. The minimum absolute atomic E-state index is 0.0304. The summed E-state index contributed by atoms with van der Waals surface area (Å²) in [6.45, 7) is 7.17. The zero-order valence-corrected chi connectivity index (χ0v) is 18.2. The van der Waals surface area contributed by atoms with Gasteiger partial charge in [0.1, 0.15) is 0 Å². The second kappa shape index (κ2) is 9.20. The van der Waals surface area contributed by atoms with Crippen LogP contribution in [0.4, 0.5) is 0 Å². The molecule has 0 radical (unpaired) electrons. The summed E-state index contributed by atoms with van der Waals surface area (Å²) in [7, 11) is 0. The van der Waals surface area contributed by atoms with E-state index in [0.717, 1.165) is 40.8 Å². The van der Waals surface area contributed by atoms with Crippen LogP contribution in [0.5, 0.6) is 11.5 Å². The lowest BCUT2D eigenvalue weighted by atomic mass is 9.99. The Labute approximate surface area is 182 Å². The first-order valence-corrected chi connectivity index (χ1v) is 10.7. The van der Waals surface area contributed by atoms with Crippen LogP contribution in [0, 0.1) is 13.8 Å². The number of pyridine rings is 1. The third-order valence-electron chi connectivity index (χ3n) is 5.64. The van der Waals surface area contributed by atoms with Crippen molar-refractivity contribution in [2.24, 2.45) is 0 Å². The van der Waals surface area contributed by atoms with Gasteiger partial charge in [-0.25, -0.2) is 0 Å². The van der Waals surface area contributed by atoms with Gasteiger partial charge >= 0.3 is 0 Å². The molecule has 162 valence electrons. The van der Waals surface area contributed by atoms with Crippen LogP contribution in [-0.4, -0.2) is 45.7 Å². The summed E-state index contributed by atoms with van der Waals surface area (Å²) in [6, 6.07) is 7.67. The molecule has 0 bridgehead atoms. The van der Waals surface area contributed by atoms with Gasteiger partial charge in [0.2, 0.25) is 0 Å². The van der Waals surface area contributed by atoms with Gasteiger partial charge in [-0.2, -0.15) is 5.10 Å². The van der Waals surface area contributed by atoms with Gasteiger partial charge < -0.3 is 14.4 Å². The maximum absolute atomic E-state index is 13.1. The Bertz CT molecular complexity index is 1060. The van der Waals surface area contributed by atoms with E-state index in [0.29, 0.717) is 24.7 Å². The Morgan fingerprint density at radius 1 is 1.16 bits per heavy atom. The molecule has 1 aliphatic rings. The molecule has 4 rings (SSSR count). The number of aromatic nitrogens is 3. The molecular formula is C24H28N4O3. The lowest BCUT2D eigenvalue weighted by molar-refractivity contribution is -0.134. The Morgan fingerprint density at radius 3 is 2.84 bits per heavy atom. The molecule has 7 nitrogen and oxygen atoms in total. The van der Waals surface area contributed by atoms with Gasteiger partial charge in [0.25, 0.3) is 5.91 Å². The van der Waals surface area contributed by atoms with Crippen molar-refractivity contribution in [2.75, 3.05) is 19.8 Å². The van der Waals surface area contributed by atoms with Crippen molar-refractivity contribution in [3.63, 3.8) is 0 Å². The summed E-state index contributed by atoms with van der Waals surface area (Å²) in [5.41, 5.74) is 5.22. The van der Waals surface area contributed by atoms with Crippen LogP contribution < -0.4 is 9.47 Å². The first kappa shape index (κ1) is 20.9. The maximum atomic E-state index is 13.1. The van der Waals surface area contributed by atoms with Crippen LogP contribution in [0.25, 0.3) is 11.1 Å². The summed E-state index contributed by atoms with van der Waals surface area (Å²) in [5, 5.41) is 7.42. The first-order chi connectivity index (χ1) is 15.1. The molecule has 1 fully saturated rings.